The molecule has 3 rings (SSSR count). The van der Waals surface area contributed by atoms with Gasteiger partial charge < -0.3 is 0 Å². The smallest absolute Gasteiger partial charge is 0.258 e. The minimum atomic E-state index is -4.00. The van der Waals surface area contributed by atoms with Crippen molar-refractivity contribution in [2.24, 2.45) is 0 Å². The van der Waals surface area contributed by atoms with Gasteiger partial charge in [-0.3, -0.25) is 10.1 Å². The number of nitrogens with zero attached hydrogens (tertiary/aromatic N) is 2. The number of nitro groups is 1. The average Bonchev–Trinajstić information content (AvgIpc) is 3.11. The third-order valence-electron chi connectivity index (χ3n) is 3.49. The van der Waals surface area contributed by atoms with E-state index < -0.39 is 14.9 Å². The van der Waals surface area contributed by atoms with Crippen LogP contribution in [-0.2, 0) is 10.0 Å². The first-order valence-corrected chi connectivity index (χ1v) is 10.1. The Morgan fingerprint density at radius 1 is 1.08 bits per heavy atom. The number of halogens is 2. The van der Waals surface area contributed by atoms with E-state index in [-0.39, 0.29) is 21.3 Å². The molecule has 0 radical (unpaired) electrons. The highest BCUT2D eigenvalue weighted by Gasteiger charge is 2.27. The molecule has 1 aromatic heterocycles. The highest BCUT2D eigenvalue weighted by atomic mass is 35.5. The normalized spacial score (nSPS) is 11.3. The lowest BCUT2D eigenvalue weighted by Gasteiger charge is -2.17. The molecule has 0 aliphatic rings. The zero-order chi connectivity index (χ0) is 18.9. The van der Waals surface area contributed by atoms with Crippen LogP contribution in [0.1, 0.15) is 0 Å². The maximum atomic E-state index is 12.7. The van der Waals surface area contributed by atoms with Crippen LogP contribution in [0.2, 0.25) is 5.02 Å². The predicted octanol–water partition coefficient (Wildman–Crippen LogP) is 5.33. The number of sulfonamides is 1. The van der Waals surface area contributed by atoms with Crippen LogP contribution < -0.4 is 3.82 Å². The topological polar surface area (TPSA) is 80.5 Å². The quantitative estimate of drug-likeness (QED) is 0.312. The predicted molar refractivity (Wildman–Crippen MR) is 103 cm³/mol. The van der Waals surface area contributed by atoms with E-state index in [0.29, 0.717) is 14.3 Å². The Kier molecular flexibility index (Phi) is 5.19. The molecule has 0 fully saturated rings. The standard InChI is InChI=1S/C16H10Cl2N2O4S2/c17-14-7-6-11(20(21)22)10-13(14)16-15(8-9-25-16)19(18)26(23,24)12-4-2-1-3-5-12/h1-10H. The van der Waals surface area contributed by atoms with Crippen molar-refractivity contribution in [2.75, 3.05) is 3.82 Å². The van der Waals surface area contributed by atoms with Crippen LogP contribution in [0.3, 0.4) is 0 Å². The highest BCUT2D eigenvalue weighted by molar-refractivity contribution is 7.94. The van der Waals surface area contributed by atoms with Crippen molar-refractivity contribution in [3.63, 3.8) is 0 Å². The fourth-order valence-electron chi connectivity index (χ4n) is 2.26. The summed E-state index contributed by atoms with van der Waals surface area (Å²) in [4.78, 5) is 10.9. The first-order chi connectivity index (χ1) is 12.3. The van der Waals surface area contributed by atoms with Gasteiger partial charge in [0.2, 0.25) is 0 Å². The van der Waals surface area contributed by atoms with Crippen molar-refractivity contribution < 1.29 is 13.3 Å². The number of thiophene rings is 1. The number of benzene rings is 2. The van der Waals surface area contributed by atoms with Gasteiger partial charge in [-0.05, 0) is 29.6 Å². The van der Waals surface area contributed by atoms with Crippen LogP contribution in [0.15, 0.2) is 64.9 Å². The van der Waals surface area contributed by atoms with Crippen LogP contribution in [0.25, 0.3) is 10.4 Å². The number of hydrogen-bond donors (Lipinski definition) is 0. The summed E-state index contributed by atoms with van der Waals surface area (Å²) in [5, 5.41) is 12.9. The van der Waals surface area contributed by atoms with Crippen molar-refractivity contribution in [3.05, 3.63) is 75.1 Å². The molecule has 3 aromatic rings. The SMILES string of the molecule is O=[N+]([O-])c1ccc(Cl)c(-c2sccc2N(Cl)S(=O)(=O)c2ccccc2)c1. The minimum Gasteiger partial charge on any atom is -0.258 e. The Bertz CT molecular complexity index is 1070. The van der Waals surface area contributed by atoms with Gasteiger partial charge in [-0.2, -0.15) is 12.2 Å². The van der Waals surface area contributed by atoms with E-state index in [2.05, 4.69) is 0 Å². The van der Waals surface area contributed by atoms with E-state index in [0.717, 1.165) is 0 Å². The van der Waals surface area contributed by atoms with Crippen LogP contribution in [-0.4, -0.2) is 13.3 Å². The molecule has 10 heteroatoms. The molecule has 0 N–H and O–H groups in total. The van der Waals surface area contributed by atoms with Gasteiger partial charge in [0.15, 0.2) is 0 Å². The number of rotatable bonds is 5. The third-order valence-corrected chi connectivity index (χ3v) is 6.97. The second kappa shape index (κ2) is 7.24. The molecule has 26 heavy (non-hydrogen) atoms. The van der Waals surface area contributed by atoms with Crippen LogP contribution >= 0.6 is 34.7 Å². The van der Waals surface area contributed by atoms with E-state index >= 15 is 0 Å². The minimum absolute atomic E-state index is 0.0253. The Morgan fingerprint density at radius 2 is 1.77 bits per heavy atom. The highest BCUT2D eigenvalue weighted by Crippen LogP contribution is 2.43. The number of hydrogen-bond acceptors (Lipinski definition) is 5. The van der Waals surface area contributed by atoms with Crippen molar-refractivity contribution in [3.8, 4) is 10.4 Å². The van der Waals surface area contributed by atoms with Gasteiger partial charge in [0.05, 0.1) is 20.4 Å². The molecule has 0 aliphatic carbocycles. The zero-order valence-corrected chi connectivity index (χ0v) is 16.0. The van der Waals surface area contributed by atoms with E-state index in [1.807, 2.05) is 0 Å². The largest absolute Gasteiger partial charge is 0.278 e. The maximum absolute atomic E-state index is 12.7. The molecule has 0 aliphatic heterocycles. The van der Waals surface area contributed by atoms with E-state index in [1.165, 1.54) is 47.7 Å². The lowest BCUT2D eigenvalue weighted by atomic mass is 10.1. The average molecular weight is 429 g/mol. The molecule has 2 aromatic carbocycles. The maximum Gasteiger partial charge on any atom is 0.278 e. The van der Waals surface area contributed by atoms with E-state index in [4.69, 9.17) is 23.4 Å². The van der Waals surface area contributed by atoms with Crippen LogP contribution in [0.4, 0.5) is 11.4 Å². The summed E-state index contributed by atoms with van der Waals surface area (Å²) in [5.74, 6) is 0. The lowest BCUT2D eigenvalue weighted by Crippen LogP contribution is -2.21. The molecule has 0 saturated heterocycles. The second-order valence-electron chi connectivity index (χ2n) is 5.09. The first kappa shape index (κ1) is 18.7. The van der Waals surface area contributed by atoms with Gasteiger partial charge >= 0.3 is 0 Å². The molecular weight excluding hydrogens is 419 g/mol. The lowest BCUT2D eigenvalue weighted by molar-refractivity contribution is -0.384. The Hall–Kier alpha value is -2.13. The Balaban J connectivity index is 2.10. The third kappa shape index (κ3) is 3.41. The fraction of sp³-hybridized carbons (Fsp3) is 0. The summed E-state index contributed by atoms with van der Waals surface area (Å²) < 4.78 is 26.1. The molecular formula is C16H10Cl2N2O4S2. The Labute approximate surface area is 163 Å². The van der Waals surface area contributed by atoms with E-state index in [1.54, 1.807) is 23.6 Å². The second-order valence-corrected chi connectivity index (χ2v) is 8.74. The number of non-ortho nitro benzene ring substituents is 1. The molecule has 1 heterocycles. The molecule has 6 nitrogen and oxygen atoms in total. The molecule has 0 unspecified atom stereocenters. The van der Waals surface area contributed by atoms with Crippen molar-refractivity contribution in [1.29, 1.82) is 0 Å². The first-order valence-electron chi connectivity index (χ1n) is 7.10. The summed E-state index contributed by atoms with van der Waals surface area (Å²) in [6, 6.07) is 13.2. The van der Waals surface area contributed by atoms with Gasteiger partial charge in [0.1, 0.15) is 0 Å². The molecule has 134 valence electrons. The van der Waals surface area contributed by atoms with Crippen molar-refractivity contribution in [2.45, 2.75) is 4.90 Å². The van der Waals surface area contributed by atoms with E-state index in [9.17, 15) is 18.5 Å². The molecule has 0 bridgehead atoms. The van der Waals surface area contributed by atoms with Gasteiger partial charge in [0.25, 0.3) is 15.7 Å². The van der Waals surface area contributed by atoms with Crippen LogP contribution in [0.5, 0.6) is 0 Å². The van der Waals surface area contributed by atoms with Gasteiger partial charge in [-0.25, -0.2) is 0 Å². The van der Waals surface area contributed by atoms with Crippen molar-refractivity contribution >= 4 is 56.1 Å². The van der Waals surface area contributed by atoms with Gasteiger partial charge in [-0.15, -0.1) is 11.3 Å². The summed E-state index contributed by atoms with van der Waals surface area (Å²) in [6.45, 7) is 0. The van der Waals surface area contributed by atoms with Gasteiger partial charge in [-0.1, -0.05) is 29.8 Å². The van der Waals surface area contributed by atoms with Crippen molar-refractivity contribution in [1.82, 2.24) is 0 Å². The summed E-state index contributed by atoms with van der Waals surface area (Å²) in [7, 11) is -4.00. The summed E-state index contributed by atoms with van der Waals surface area (Å²) in [6.07, 6.45) is 0. The Morgan fingerprint density at radius 3 is 2.42 bits per heavy atom. The molecule has 0 saturated carbocycles. The van der Waals surface area contributed by atoms with Gasteiger partial charge in [0, 0.05) is 34.5 Å². The molecule has 0 atom stereocenters. The van der Waals surface area contributed by atoms with Crippen LogP contribution in [0, 0.1) is 10.1 Å². The summed E-state index contributed by atoms with van der Waals surface area (Å²) in [5.41, 5.74) is 0.346. The number of nitro benzene ring substituents is 1. The molecule has 0 amide bonds. The number of anilines is 1. The molecule has 0 spiro atoms. The fourth-order valence-corrected chi connectivity index (χ4v) is 5.02. The summed E-state index contributed by atoms with van der Waals surface area (Å²) >= 11 is 13.5. The monoisotopic (exact) mass is 428 g/mol. The zero-order valence-electron chi connectivity index (χ0n) is 12.9.